The van der Waals surface area contributed by atoms with Gasteiger partial charge in [-0.15, -0.1) is 0 Å². The zero-order chi connectivity index (χ0) is 26.1. The highest BCUT2D eigenvalue weighted by atomic mass is 35.5. The van der Waals surface area contributed by atoms with E-state index >= 15 is 0 Å². The molecule has 3 nitrogen and oxygen atoms in total. The lowest BCUT2D eigenvalue weighted by Crippen LogP contribution is -2.26. The molecule has 1 atom stereocenters. The molecule has 5 rings (SSSR count). The summed E-state index contributed by atoms with van der Waals surface area (Å²) in [5, 5.41) is 4.85. The molecule has 0 saturated carbocycles. The van der Waals surface area contributed by atoms with Gasteiger partial charge in [-0.2, -0.15) is 0 Å². The van der Waals surface area contributed by atoms with Crippen molar-refractivity contribution in [2.45, 2.75) is 40.3 Å². The molecule has 37 heavy (non-hydrogen) atoms. The number of nitrogens with zero attached hydrogens (tertiary/aromatic N) is 1. The first-order valence-corrected chi connectivity index (χ1v) is 13.0. The van der Waals surface area contributed by atoms with E-state index in [1.165, 1.54) is 33.5 Å². The number of fused-ring (bicyclic) bond motifs is 1. The Morgan fingerprint density at radius 3 is 2.32 bits per heavy atom. The lowest BCUT2D eigenvalue weighted by Gasteiger charge is -2.16. The number of aromatic nitrogens is 1. The summed E-state index contributed by atoms with van der Waals surface area (Å²) in [5.74, 6) is -0.106. The summed E-state index contributed by atoms with van der Waals surface area (Å²) >= 11 is 6.33. The third-order valence-electron chi connectivity index (χ3n) is 7.37. The number of halogens is 1. The van der Waals surface area contributed by atoms with Gasteiger partial charge in [0.25, 0.3) is 5.91 Å². The summed E-state index contributed by atoms with van der Waals surface area (Å²) in [6, 6.07) is 30.7. The molecule has 186 valence electrons. The number of aryl methyl sites for hydroxylation is 2. The van der Waals surface area contributed by atoms with Gasteiger partial charge in [-0.05, 0) is 85.3 Å². The Hall–Kier alpha value is -3.82. The fraction of sp³-hybridized carbons (Fsp3) is 0.182. The second-order valence-corrected chi connectivity index (χ2v) is 10.2. The molecule has 0 aliphatic heterocycles. The third kappa shape index (κ3) is 4.92. The van der Waals surface area contributed by atoms with Crippen LogP contribution >= 0.6 is 11.6 Å². The minimum absolute atomic E-state index is 0.106. The quantitative estimate of drug-likeness (QED) is 0.246. The summed E-state index contributed by atoms with van der Waals surface area (Å²) in [6.45, 7) is 9.15. The lowest BCUT2D eigenvalue weighted by molar-refractivity contribution is 0.0940. The number of rotatable bonds is 6. The molecule has 0 aliphatic carbocycles. The zero-order valence-electron chi connectivity index (χ0n) is 21.7. The summed E-state index contributed by atoms with van der Waals surface area (Å²) in [4.78, 5) is 13.1. The Labute approximate surface area is 223 Å². The predicted octanol–water partition coefficient (Wildman–Crippen LogP) is 8.43. The Kier molecular flexibility index (Phi) is 6.90. The first-order valence-electron chi connectivity index (χ1n) is 12.6. The van der Waals surface area contributed by atoms with E-state index in [0.29, 0.717) is 10.6 Å². The van der Waals surface area contributed by atoms with Gasteiger partial charge >= 0.3 is 0 Å². The lowest BCUT2D eigenvalue weighted by atomic mass is 9.99. The number of hydrogen-bond donors (Lipinski definition) is 1. The van der Waals surface area contributed by atoms with Crippen molar-refractivity contribution >= 4 is 28.4 Å². The highest BCUT2D eigenvalue weighted by molar-refractivity contribution is 6.31. The molecule has 0 spiro atoms. The minimum atomic E-state index is -0.188. The van der Waals surface area contributed by atoms with Crippen LogP contribution in [0.5, 0.6) is 0 Å². The fourth-order valence-corrected chi connectivity index (χ4v) is 5.35. The maximum atomic E-state index is 13.1. The minimum Gasteiger partial charge on any atom is -0.345 e. The summed E-state index contributed by atoms with van der Waals surface area (Å²) in [6.07, 6.45) is 0. The van der Waals surface area contributed by atoms with E-state index in [2.05, 4.69) is 85.3 Å². The van der Waals surface area contributed by atoms with Gasteiger partial charge in [-0.25, -0.2) is 0 Å². The molecule has 0 aliphatic rings. The number of nitrogens with one attached hydrogen (secondary N) is 1. The molecule has 1 unspecified atom stereocenters. The topological polar surface area (TPSA) is 34.0 Å². The van der Waals surface area contributed by atoms with Crippen LogP contribution in [0.2, 0.25) is 5.02 Å². The van der Waals surface area contributed by atoms with Crippen molar-refractivity contribution in [2.75, 3.05) is 0 Å². The van der Waals surface area contributed by atoms with Crippen molar-refractivity contribution in [1.82, 2.24) is 9.88 Å². The molecule has 1 N–H and O–H groups in total. The molecule has 0 radical (unpaired) electrons. The van der Waals surface area contributed by atoms with Crippen LogP contribution in [0.4, 0.5) is 0 Å². The van der Waals surface area contributed by atoms with Gasteiger partial charge in [0.2, 0.25) is 0 Å². The standard InChI is InChI=1S/C33H31ClN2O/c1-21-9-5-6-10-28(21)26-15-13-25(14-16-26)20-36-24(4)22(2)30-19-27(17-18-32(30)36)33(37)35-23(3)29-11-7-8-12-31(29)34/h5-19,23H,20H2,1-4H3,(H,35,37). The van der Waals surface area contributed by atoms with Crippen LogP contribution in [0.25, 0.3) is 22.0 Å². The number of amides is 1. The van der Waals surface area contributed by atoms with Crippen LogP contribution in [0.3, 0.4) is 0 Å². The van der Waals surface area contributed by atoms with E-state index in [0.717, 1.165) is 23.0 Å². The van der Waals surface area contributed by atoms with Crippen LogP contribution in [0, 0.1) is 20.8 Å². The SMILES string of the molecule is Cc1ccccc1-c1ccc(Cn2c(C)c(C)c3cc(C(=O)NC(C)c4ccccc4Cl)ccc32)cc1. The average molecular weight is 507 g/mol. The molecule has 1 amide bonds. The first kappa shape index (κ1) is 24.9. The van der Waals surface area contributed by atoms with Crippen molar-refractivity contribution in [3.05, 3.63) is 130 Å². The molecule has 1 aromatic heterocycles. The predicted molar refractivity (Wildman–Crippen MR) is 154 cm³/mol. The maximum absolute atomic E-state index is 13.1. The van der Waals surface area contributed by atoms with E-state index in [9.17, 15) is 4.79 Å². The number of carbonyl (C=O) groups excluding carboxylic acids is 1. The van der Waals surface area contributed by atoms with Crippen LogP contribution in [0.1, 0.15) is 51.3 Å². The van der Waals surface area contributed by atoms with E-state index in [1.807, 2.05) is 43.3 Å². The molecule has 5 aromatic rings. The summed E-state index contributed by atoms with van der Waals surface area (Å²) in [7, 11) is 0. The second kappa shape index (κ2) is 10.3. The van der Waals surface area contributed by atoms with Crippen molar-refractivity contribution < 1.29 is 4.79 Å². The fourth-order valence-electron chi connectivity index (χ4n) is 5.05. The van der Waals surface area contributed by atoms with Gasteiger partial charge in [-0.1, -0.05) is 78.3 Å². The van der Waals surface area contributed by atoms with Gasteiger partial charge in [0.05, 0.1) is 6.04 Å². The monoisotopic (exact) mass is 506 g/mol. The molecule has 0 saturated heterocycles. The number of hydrogen-bond acceptors (Lipinski definition) is 1. The third-order valence-corrected chi connectivity index (χ3v) is 7.72. The van der Waals surface area contributed by atoms with E-state index in [-0.39, 0.29) is 11.9 Å². The van der Waals surface area contributed by atoms with Crippen LogP contribution in [0.15, 0.2) is 91.0 Å². The molecular weight excluding hydrogens is 476 g/mol. The van der Waals surface area contributed by atoms with Gasteiger partial charge in [0.15, 0.2) is 0 Å². The van der Waals surface area contributed by atoms with Crippen molar-refractivity contribution in [3.63, 3.8) is 0 Å². The van der Waals surface area contributed by atoms with Crippen molar-refractivity contribution in [1.29, 1.82) is 0 Å². The molecule has 0 bridgehead atoms. The number of benzene rings is 4. The van der Waals surface area contributed by atoms with Crippen LogP contribution in [-0.4, -0.2) is 10.5 Å². The average Bonchev–Trinajstić information content (AvgIpc) is 3.14. The highest BCUT2D eigenvalue weighted by Crippen LogP contribution is 2.29. The van der Waals surface area contributed by atoms with E-state index in [4.69, 9.17) is 11.6 Å². The van der Waals surface area contributed by atoms with Crippen molar-refractivity contribution in [2.24, 2.45) is 0 Å². The molecular formula is C33H31ClN2O. The summed E-state index contributed by atoms with van der Waals surface area (Å²) in [5.41, 5.74) is 10.1. The Morgan fingerprint density at radius 1 is 0.892 bits per heavy atom. The van der Waals surface area contributed by atoms with Gasteiger partial charge in [0, 0.05) is 33.7 Å². The molecule has 4 heteroatoms. The normalized spacial score (nSPS) is 12.0. The molecule has 0 fully saturated rings. The number of carbonyl (C=O) groups is 1. The second-order valence-electron chi connectivity index (χ2n) is 9.76. The zero-order valence-corrected chi connectivity index (χ0v) is 22.4. The Bertz CT molecular complexity index is 1600. The van der Waals surface area contributed by atoms with Gasteiger partial charge < -0.3 is 9.88 Å². The highest BCUT2D eigenvalue weighted by Gasteiger charge is 2.17. The molecule has 4 aromatic carbocycles. The van der Waals surface area contributed by atoms with Crippen LogP contribution < -0.4 is 5.32 Å². The van der Waals surface area contributed by atoms with Crippen molar-refractivity contribution in [3.8, 4) is 11.1 Å². The Balaban J connectivity index is 1.39. The Morgan fingerprint density at radius 2 is 1.59 bits per heavy atom. The van der Waals surface area contributed by atoms with Gasteiger partial charge in [0.1, 0.15) is 0 Å². The van der Waals surface area contributed by atoms with Crippen LogP contribution in [-0.2, 0) is 6.54 Å². The molecule has 1 heterocycles. The smallest absolute Gasteiger partial charge is 0.251 e. The van der Waals surface area contributed by atoms with E-state index in [1.54, 1.807) is 0 Å². The largest absolute Gasteiger partial charge is 0.345 e. The first-order chi connectivity index (χ1) is 17.8. The summed E-state index contributed by atoms with van der Waals surface area (Å²) < 4.78 is 2.33. The maximum Gasteiger partial charge on any atom is 0.251 e. The van der Waals surface area contributed by atoms with Gasteiger partial charge in [-0.3, -0.25) is 4.79 Å². The van der Waals surface area contributed by atoms with E-state index < -0.39 is 0 Å².